The minimum Gasteiger partial charge on any atom is -0.321 e. The molecule has 0 amide bonds. The van der Waals surface area contributed by atoms with E-state index in [0.717, 1.165) is 24.8 Å². The van der Waals surface area contributed by atoms with E-state index in [0.29, 0.717) is 5.15 Å². The van der Waals surface area contributed by atoms with Crippen molar-refractivity contribution in [3.63, 3.8) is 0 Å². The third-order valence-electron chi connectivity index (χ3n) is 2.45. The van der Waals surface area contributed by atoms with Gasteiger partial charge in [-0.15, -0.1) is 0 Å². The molecule has 3 nitrogen and oxygen atoms in total. The fourth-order valence-electron chi connectivity index (χ4n) is 1.42. The highest BCUT2D eigenvalue weighted by atomic mass is 35.5. The van der Waals surface area contributed by atoms with Crippen molar-refractivity contribution in [2.24, 2.45) is 13.0 Å². The average Bonchev–Trinajstić information content (AvgIpc) is 2.48. The molecule has 1 aromatic heterocycles. The summed E-state index contributed by atoms with van der Waals surface area (Å²) >= 11 is 5.88. The maximum Gasteiger partial charge on any atom is 0.128 e. The molecule has 0 radical (unpaired) electrons. The summed E-state index contributed by atoms with van der Waals surface area (Å²) in [6, 6.07) is 0. The first-order valence-electron chi connectivity index (χ1n) is 5.48. The first kappa shape index (κ1) is 12.5. The molecule has 1 heterocycles. The van der Waals surface area contributed by atoms with Crippen LogP contribution in [0.1, 0.15) is 32.5 Å². The van der Waals surface area contributed by atoms with Crippen molar-refractivity contribution >= 4 is 11.6 Å². The zero-order valence-electron chi connectivity index (χ0n) is 9.76. The van der Waals surface area contributed by atoms with Gasteiger partial charge in [-0.05, 0) is 25.3 Å². The van der Waals surface area contributed by atoms with Crippen LogP contribution in [-0.2, 0) is 13.6 Å². The zero-order chi connectivity index (χ0) is 11.3. The van der Waals surface area contributed by atoms with Gasteiger partial charge in [-0.3, -0.25) is 0 Å². The lowest BCUT2D eigenvalue weighted by atomic mass is 10.1. The molecule has 0 spiro atoms. The monoisotopic (exact) mass is 229 g/mol. The predicted molar refractivity (Wildman–Crippen MR) is 64.0 cm³/mol. The van der Waals surface area contributed by atoms with Gasteiger partial charge in [-0.2, -0.15) is 0 Å². The van der Waals surface area contributed by atoms with Gasteiger partial charge in [-0.25, -0.2) is 4.98 Å². The average molecular weight is 230 g/mol. The molecule has 4 heteroatoms. The number of imidazole rings is 1. The summed E-state index contributed by atoms with van der Waals surface area (Å²) in [5, 5.41) is 4.06. The lowest BCUT2D eigenvalue weighted by molar-refractivity contribution is 0.521. The van der Waals surface area contributed by atoms with E-state index in [1.807, 2.05) is 11.6 Å². The fraction of sp³-hybridized carbons (Fsp3) is 0.727. The number of nitrogens with zero attached hydrogens (tertiary/aromatic N) is 2. The van der Waals surface area contributed by atoms with Crippen LogP contribution in [0.5, 0.6) is 0 Å². The lowest BCUT2D eigenvalue weighted by Gasteiger charge is -2.06. The molecule has 0 aliphatic heterocycles. The van der Waals surface area contributed by atoms with Crippen LogP contribution in [0, 0.1) is 5.92 Å². The van der Waals surface area contributed by atoms with Gasteiger partial charge in [0.05, 0.1) is 12.7 Å². The minimum absolute atomic E-state index is 0.689. The Balaban J connectivity index is 2.18. The summed E-state index contributed by atoms with van der Waals surface area (Å²) in [5.74, 6) is 1.78. The second kappa shape index (κ2) is 6.13. The molecule has 15 heavy (non-hydrogen) atoms. The second-order valence-corrected chi connectivity index (χ2v) is 4.66. The first-order valence-corrected chi connectivity index (χ1v) is 5.86. The summed E-state index contributed by atoms with van der Waals surface area (Å²) in [5.41, 5.74) is 0. The zero-order valence-corrected chi connectivity index (χ0v) is 10.5. The molecule has 0 aliphatic rings. The van der Waals surface area contributed by atoms with Gasteiger partial charge >= 0.3 is 0 Å². The van der Waals surface area contributed by atoms with Gasteiger partial charge in [-0.1, -0.05) is 25.4 Å². The number of hydrogen-bond donors (Lipinski definition) is 1. The van der Waals surface area contributed by atoms with E-state index in [1.165, 1.54) is 12.8 Å². The van der Waals surface area contributed by atoms with Crippen LogP contribution < -0.4 is 5.32 Å². The van der Waals surface area contributed by atoms with Crippen molar-refractivity contribution in [2.45, 2.75) is 33.2 Å². The van der Waals surface area contributed by atoms with Crippen LogP contribution in [0.4, 0.5) is 0 Å². The molecule has 86 valence electrons. The van der Waals surface area contributed by atoms with Crippen molar-refractivity contribution in [2.75, 3.05) is 6.54 Å². The highest BCUT2D eigenvalue weighted by molar-refractivity contribution is 6.29. The Kier molecular flexibility index (Phi) is 5.12. The van der Waals surface area contributed by atoms with E-state index in [-0.39, 0.29) is 0 Å². The van der Waals surface area contributed by atoms with Crippen molar-refractivity contribution in [1.82, 2.24) is 14.9 Å². The van der Waals surface area contributed by atoms with Gasteiger partial charge in [0.1, 0.15) is 11.0 Å². The molecular weight excluding hydrogens is 210 g/mol. The summed E-state index contributed by atoms with van der Waals surface area (Å²) in [6.45, 7) is 6.33. The molecule has 0 saturated carbocycles. The topological polar surface area (TPSA) is 29.9 Å². The van der Waals surface area contributed by atoms with Crippen LogP contribution in [0.15, 0.2) is 6.20 Å². The molecular formula is C11H20ClN3. The van der Waals surface area contributed by atoms with E-state index < -0.39 is 0 Å². The number of aromatic nitrogens is 2. The van der Waals surface area contributed by atoms with E-state index in [9.17, 15) is 0 Å². The van der Waals surface area contributed by atoms with Gasteiger partial charge in [0.25, 0.3) is 0 Å². The van der Waals surface area contributed by atoms with Crippen molar-refractivity contribution in [1.29, 1.82) is 0 Å². The summed E-state index contributed by atoms with van der Waals surface area (Å²) in [7, 11) is 1.93. The van der Waals surface area contributed by atoms with E-state index in [4.69, 9.17) is 11.6 Å². The number of halogens is 1. The molecule has 1 N–H and O–H groups in total. The molecule has 0 fully saturated rings. The molecule has 0 unspecified atom stereocenters. The minimum atomic E-state index is 0.689. The summed E-state index contributed by atoms with van der Waals surface area (Å²) in [6.07, 6.45) is 4.18. The van der Waals surface area contributed by atoms with Crippen LogP contribution in [0.2, 0.25) is 5.15 Å². The Labute approximate surface area is 96.8 Å². The van der Waals surface area contributed by atoms with Crippen molar-refractivity contribution in [3.05, 3.63) is 17.2 Å². The molecule has 1 aromatic rings. The van der Waals surface area contributed by atoms with Crippen LogP contribution in [-0.4, -0.2) is 16.1 Å². The highest BCUT2D eigenvalue weighted by Gasteiger charge is 2.02. The van der Waals surface area contributed by atoms with Gasteiger partial charge in [0, 0.05) is 7.05 Å². The molecule has 0 aliphatic carbocycles. The second-order valence-electron chi connectivity index (χ2n) is 4.27. The fourth-order valence-corrected chi connectivity index (χ4v) is 1.57. The quantitative estimate of drug-likeness (QED) is 0.760. The standard InChI is InChI=1S/C11H20ClN3/c1-9(2)5-4-6-13-8-11-14-7-10(12)15(11)3/h7,9,13H,4-6,8H2,1-3H3. The maximum absolute atomic E-state index is 5.88. The molecule has 0 bridgehead atoms. The Bertz CT molecular complexity index is 294. The molecule has 0 atom stereocenters. The molecule has 0 aromatic carbocycles. The first-order chi connectivity index (χ1) is 7.11. The number of nitrogens with one attached hydrogen (secondary N) is 1. The Hall–Kier alpha value is -0.540. The van der Waals surface area contributed by atoms with Crippen LogP contribution in [0.25, 0.3) is 0 Å². The SMILES string of the molecule is CC(C)CCCNCc1ncc(Cl)n1C. The third-order valence-corrected chi connectivity index (χ3v) is 2.80. The molecule has 0 saturated heterocycles. The highest BCUT2D eigenvalue weighted by Crippen LogP contribution is 2.08. The maximum atomic E-state index is 5.88. The van der Waals surface area contributed by atoms with Gasteiger partial charge in [0.2, 0.25) is 0 Å². The molecule has 1 rings (SSSR count). The number of rotatable bonds is 6. The van der Waals surface area contributed by atoms with Gasteiger partial charge < -0.3 is 9.88 Å². The van der Waals surface area contributed by atoms with Crippen molar-refractivity contribution < 1.29 is 0 Å². The summed E-state index contributed by atoms with van der Waals surface area (Å²) < 4.78 is 1.90. The lowest BCUT2D eigenvalue weighted by Crippen LogP contribution is -2.17. The Morgan fingerprint density at radius 2 is 2.27 bits per heavy atom. The Morgan fingerprint density at radius 3 is 2.80 bits per heavy atom. The number of hydrogen-bond acceptors (Lipinski definition) is 2. The van der Waals surface area contributed by atoms with Gasteiger partial charge in [0.15, 0.2) is 0 Å². The van der Waals surface area contributed by atoms with E-state index in [2.05, 4.69) is 24.1 Å². The van der Waals surface area contributed by atoms with Crippen molar-refractivity contribution in [3.8, 4) is 0 Å². The smallest absolute Gasteiger partial charge is 0.128 e. The van der Waals surface area contributed by atoms with Crippen LogP contribution in [0.3, 0.4) is 0 Å². The summed E-state index contributed by atoms with van der Waals surface area (Å²) in [4.78, 5) is 4.22. The predicted octanol–water partition coefficient (Wildman–Crippen LogP) is 2.60. The largest absolute Gasteiger partial charge is 0.321 e. The van der Waals surface area contributed by atoms with Crippen LogP contribution >= 0.6 is 11.6 Å². The Morgan fingerprint density at radius 1 is 1.53 bits per heavy atom. The third kappa shape index (κ3) is 4.22. The normalized spacial score (nSPS) is 11.3. The van der Waals surface area contributed by atoms with E-state index in [1.54, 1.807) is 6.20 Å². The van der Waals surface area contributed by atoms with E-state index >= 15 is 0 Å².